The van der Waals surface area contributed by atoms with Gasteiger partial charge in [0.15, 0.2) is 5.96 Å². The van der Waals surface area contributed by atoms with E-state index in [1.807, 2.05) is 0 Å². The average Bonchev–Trinajstić information content (AvgIpc) is 2.59. The highest BCUT2D eigenvalue weighted by molar-refractivity contribution is 14.0. The maximum atomic E-state index is 10.4. The molecule has 3 N–H and O–H groups in total. The summed E-state index contributed by atoms with van der Waals surface area (Å²) in [5, 5.41) is 16.9. The molecule has 5 nitrogen and oxygen atoms in total. The second-order valence-electron chi connectivity index (χ2n) is 6.58. The highest BCUT2D eigenvalue weighted by Crippen LogP contribution is 2.18. The number of guanidine groups is 1. The first kappa shape index (κ1) is 22.2. The van der Waals surface area contributed by atoms with E-state index in [-0.39, 0.29) is 24.0 Å². The summed E-state index contributed by atoms with van der Waals surface area (Å²) in [6, 6.07) is 8.96. The van der Waals surface area contributed by atoms with Crippen LogP contribution in [0.3, 0.4) is 0 Å². The maximum absolute atomic E-state index is 10.4. The summed E-state index contributed by atoms with van der Waals surface area (Å²) in [6.45, 7) is 10.2. The quantitative estimate of drug-likeness (QED) is 0.332. The van der Waals surface area contributed by atoms with Gasteiger partial charge in [-0.05, 0) is 37.8 Å². The molecule has 1 aliphatic heterocycles. The van der Waals surface area contributed by atoms with Crippen LogP contribution in [0, 0.1) is 0 Å². The fourth-order valence-corrected chi connectivity index (χ4v) is 2.92. The van der Waals surface area contributed by atoms with Crippen molar-refractivity contribution in [2.24, 2.45) is 4.99 Å². The second kappa shape index (κ2) is 11.7. The Kier molecular flexibility index (Phi) is 10.4. The molecule has 0 saturated carbocycles. The lowest BCUT2D eigenvalue weighted by atomic mass is 10.00. The summed E-state index contributed by atoms with van der Waals surface area (Å²) in [6.07, 6.45) is 1.66. The third-order valence-electron chi connectivity index (χ3n) is 4.48. The van der Waals surface area contributed by atoms with E-state index in [4.69, 9.17) is 0 Å². The third kappa shape index (κ3) is 7.50. The molecule has 0 radical (unpaired) electrons. The van der Waals surface area contributed by atoms with Gasteiger partial charge >= 0.3 is 0 Å². The molecule has 1 aromatic carbocycles. The van der Waals surface area contributed by atoms with Crippen molar-refractivity contribution in [2.75, 3.05) is 26.2 Å². The van der Waals surface area contributed by atoms with Crippen molar-refractivity contribution in [2.45, 2.75) is 52.3 Å². The molecule has 1 aliphatic rings. The number of nitrogens with zero attached hydrogens (tertiary/aromatic N) is 2. The van der Waals surface area contributed by atoms with Gasteiger partial charge in [0.1, 0.15) is 0 Å². The van der Waals surface area contributed by atoms with Crippen molar-refractivity contribution in [1.82, 2.24) is 15.5 Å². The van der Waals surface area contributed by atoms with E-state index in [1.165, 1.54) is 11.1 Å². The van der Waals surface area contributed by atoms with Gasteiger partial charge in [-0.3, -0.25) is 9.89 Å². The Labute approximate surface area is 169 Å². The Hall–Kier alpha value is -0.860. The predicted molar refractivity (Wildman–Crippen MR) is 116 cm³/mol. The number of fused-ring (bicyclic) bond motifs is 1. The summed E-state index contributed by atoms with van der Waals surface area (Å²) in [5.41, 5.74) is 2.82. The Morgan fingerprint density at radius 2 is 2.00 bits per heavy atom. The first-order valence-corrected chi connectivity index (χ1v) is 9.14. The zero-order chi connectivity index (χ0) is 17.4. The number of aliphatic hydroxyl groups is 1. The molecule has 1 aromatic rings. The number of nitrogens with one attached hydrogen (secondary N) is 2. The SMILES string of the molecule is CCNC(=NCC(O)CN1CCc2ccccc2C1)NC(C)CC.I. The molecule has 142 valence electrons. The van der Waals surface area contributed by atoms with Gasteiger partial charge < -0.3 is 15.7 Å². The van der Waals surface area contributed by atoms with Crippen LogP contribution in [0.15, 0.2) is 29.3 Å². The van der Waals surface area contributed by atoms with Crippen molar-refractivity contribution >= 4 is 29.9 Å². The zero-order valence-electron chi connectivity index (χ0n) is 15.7. The van der Waals surface area contributed by atoms with Crippen LogP contribution in [-0.2, 0) is 13.0 Å². The summed E-state index contributed by atoms with van der Waals surface area (Å²) in [7, 11) is 0. The Morgan fingerprint density at radius 1 is 1.28 bits per heavy atom. The van der Waals surface area contributed by atoms with E-state index in [1.54, 1.807) is 0 Å². The van der Waals surface area contributed by atoms with Crippen LogP contribution in [0.2, 0.25) is 0 Å². The van der Waals surface area contributed by atoms with E-state index >= 15 is 0 Å². The van der Waals surface area contributed by atoms with Crippen LogP contribution >= 0.6 is 24.0 Å². The molecule has 0 bridgehead atoms. The lowest BCUT2D eigenvalue weighted by molar-refractivity contribution is 0.111. The molecule has 0 amide bonds. The number of halogens is 1. The van der Waals surface area contributed by atoms with Gasteiger partial charge in [0, 0.05) is 32.2 Å². The summed E-state index contributed by atoms with van der Waals surface area (Å²) in [4.78, 5) is 6.85. The van der Waals surface area contributed by atoms with E-state index < -0.39 is 6.10 Å². The lowest BCUT2D eigenvalue weighted by Gasteiger charge is -2.30. The first-order chi connectivity index (χ1) is 11.6. The van der Waals surface area contributed by atoms with Gasteiger partial charge in [0.2, 0.25) is 0 Å². The van der Waals surface area contributed by atoms with Gasteiger partial charge in [0.05, 0.1) is 12.6 Å². The molecular formula is C19H33IN4O. The molecule has 6 heteroatoms. The number of rotatable bonds is 7. The number of aliphatic imine (C=N–C) groups is 1. The smallest absolute Gasteiger partial charge is 0.191 e. The molecule has 0 aromatic heterocycles. The van der Waals surface area contributed by atoms with E-state index in [0.717, 1.165) is 38.4 Å². The fourth-order valence-electron chi connectivity index (χ4n) is 2.92. The van der Waals surface area contributed by atoms with Crippen LogP contribution in [0.1, 0.15) is 38.3 Å². The standard InChI is InChI=1S/C19H32N4O.HI/c1-4-15(3)22-19(20-5-2)21-12-18(24)14-23-11-10-16-8-6-7-9-17(16)13-23;/h6-9,15,18,24H,4-5,10-14H2,1-3H3,(H2,20,21,22);1H. The normalized spacial score (nSPS) is 17.2. The summed E-state index contributed by atoms with van der Waals surface area (Å²) < 4.78 is 0. The van der Waals surface area contributed by atoms with Crippen LogP contribution in [-0.4, -0.2) is 54.3 Å². The molecule has 0 fully saturated rings. The molecule has 25 heavy (non-hydrogen) atoms. The molecule has 0 spiro atoms. The van der Waals surface area contributed by atoms with Gasteiger partial charge in [-0.25, -0.2) is 0 Å². The van der Waals surface area contributed by atoms with Gasteiger partial charge in [-0.2, -0.15) is 0 Å². The molecule has 2 rings (SSSR count). The molecular weight excluding hydrogens is 427 g/mol. The largest absolute Gasteiger partial charge is 0.390 e. The Bertz CT molecular complexity index is 538. The lowest BCUT2D eigenvalue weighted by Crippen LogP contribution is -2.43. The average molecular weight is 460 g/mol. The number of aliphatic hydroxyl groups excluding tert-OH is 1. The number of benzene rings is 1. The third-order valence-corrected chi connectivity index (χ3v) is 4.48. The molecule has 2 unspecified atom stereocenters. The Morgan fingerprint density at radius 3 is 2.68 bits per heavy atom. The van der Waals surface area contributed by atoms with Crippen LogP contribution in [0.25, 0.3) is 0 Å². The van der Waals surface area contributed by atoms with Gasteiger partial charge in [-0.1, -0.05) is 31.2 Å². The van der Waals surface area contributed by atoms with E-state index in [2.05, 4.69) is 65.6 Å². The predicted octanol–water partition coefficient (Wildman–Crippen LogP) is 2.38. The van der Waals surface area contributed by atoms with Crippen molar-refractivity contribution in [3.05, 3.63) is 35.4 Å². The topological polar surface area (TPSA) is 59.9 Å². The zero-order valence-corrected chi connectivity index (χ0v) is 18.0. The van der Waals surface area contributed by atoms with Crippen molar-refractivity contribution in [3.63, 3.8) is 0 Å². The maximum Gasteiger partial charge on any atom is 0.191 e. The van der Waals surface area contributed by atoms with E-state index in [0.29, 0.717) is 19.1 Å². The summed E-state index contributed by atoms with van der Waals surface area (Å²) in [5.74, 6) is 0.787. The molecule has 0 aliphatic carbocycles. The number of hydrogen-bond donors (Lipinski definition) is 3. The van der Waals surface area contributed by atoms with E-state index in [9.17, 15) is 5.11 Å². The molecule has 0 saturated heterocycles. The van der Waals surface area contributed by atoms with Crippen LogP contribution in [0.5, 0.6) is 0 Å². The van der Waals surface area contributed by atoms with Crippen LogP contribution in [0.4, 0.5) is 0 Å². The monoisotopic (exact) mass is 460 g/mol. The number of hydrogen-bond acceptors (Lipinski definition) is 3. The van der Waals surface area contributed by atoms with Gasteiger partial charge in [0.25, 0.3) is 0 Å². The second-order valence-corrected chi connectivity index (χ2v) is 6.58. The molecule has 1 heterocycles. The minimum atomic E-state index is -0.442. The van der Waals surface area contributed by atoms with Crippen molar-refractivity contribution in [1.29, 1.82) is 0 Å². The minimum Gasteiger partial charge on any atom is -0.390 e. The molecule has 2 atom stereocenters. The highest BCUT2D eigenvalue weighted by Gasteiger charge is 2.18. The van der Waals surface area contributed by atoms with Gasteiger partial charge in [-0.15, -0.1) is 24.0 Å². The van der Waals surface area contributed by atoms with Crippen LogP contribution < -0.4 is 10.6 Å². The Balaban J connectivity index is 0.00000312. The number of β-amino-alcohol motifs (C(OH)–C–C–N with tert-alkyl or cyclic N) is 1. The first-order valence-electron chi connectivity index (χ1n) is 9.14. The highest BCUT2D eigenvalue weighted by atomic mass is 127. The van der Waals surface area contributed by atoms with Crippen molar-refractivity contribution in [3.8, 4) is 0 Å². The van der Waals surface area contributed by atoms with Crippen molar-refractivity contribution < 1.29 is 5.11 Å². The fraction of sp³-hybridized carbons (Fsp3) is 0.632. The minimum absolute atomic E-state index is 0. The summed E-state index contributed by atoms with van der Waals surface area (Å²) >= 11 is 0.